The second-order valence-electron chi connectivity index (χ2n) is 5.67. The lowest BCUT2D eigenvalue weighted by molar-refractivity contribution is -0.384. The summed E-state index contributed by atoms with van der Waals surface area (Å²) < 4.78 is 0. The third-order valence-corrected chi connectivity index (χ3v) is 3.95. The van der Waals surface area contributed by atoms with E-state index in [9.17, 15) is 14.9 Å². The smallest absolute Gasteiger partial charge is 0.269 e. The van der Waals surface area contributed by atoms with Crippen molar-refractivity contribution >= 4 is 11.6 Å². The van der Waals surface area contributed by atoms with Crippen LogP contribution in [0.2, 0.25) is 0 Å². The van der Waals surface area contributed by atoms with Crippen molar-refractivity contribution in [2.24, 2.45) is 5.92 Å². The van der Waals surface area contributed by atoms with Gasteiger partial charge in [0.25, 0.3) is 5.69 Å². The normalized spacial score (nSPS) is 21.8. The van der Waals surface area contributed by atoms with Gasteiger partial charge in [0.15, 0.2) is 0 Å². The maximum atomic E-state index is 12.5. The zero-order valence-electron chi connectivity index (χ0n) is 12.4. The first-order valence-electron chi connectivity index (χ1n) is 7.20. The molecule has 6 nitrogen and oxygen atoms in total. The molecular formula is C15H21N3O3. The largest absolute Gasteiger partial charge is 0.340 e. The van der Waals surface area contributed by atoms with Gasteiger partial charge < -0.3 is 10.2 Å². The van der Waals surface area contributed by atoms with Crippen molar-refractivity contribution in [3.05, 3.63) is 39.9 Å². The number of rotatable bonds is 4. The fourth-order valence-electron chi connectivity index (χ4n) is 2.74. The summed E-state index contributed by atoms with van der Waals surface area (Å²) in [5, 5.41) is 14.0. The zero-order valence-corrected chi connectivity index (χ0v) is 12.4. The standard InChI is InChI=1S/C15H21N3O3/c1-11-5-4-8-16-14(11)15(19)17(2)10-12-6-3-7-13(9-12)18(20)21/h3,6-7,9,11,14,16H,4-5,8,10H2,1-2H3. The van der Waals surface area contributed by atoms with E-state index in [4.69, 9.17) is 0 Å². The Kier molecular flexibility index (Phi) is 4.90. The average Bonchev–Trinajstić information content (AvgIpc) is 2.47. The molecule has 1 aromatic rings. The number of nitro benzene ring substituents is 1. The number of hydrogen-bond donors (Lipinski definition) is 1. The predicted molar refractivity (Wildman–Crippen MR) is 79.8 cm³/mol. The van der Waals surface area contributed by atoms with Crippen LogP contribution >= 0.6 is 0 Å². The molecule has 2 atom stereocenters. The van der Waals surface area contributed by atoms with Gasteiger partial charge in [-0.1, -0.05) is 19.1 Å². The first kappa shape index (κ1) is 15.4. The molecule has 0 aromatic heterocycles. The lowest BCUT2D eigenvalue weighted by atomic mass is 9.92. The number of likely N-dealkylation sites (N-methyl/N-ethyl adjacent to an activating group) is 1. The number of nitrogens with zero attached hydrogens (tertiary/aromatic N) is 2. The number of benzene rings is 1. The first-order chi connectivity index (χ1) is 9.99. The minimum Gasteiger partial charge on any atom is -0.340 e. The molecule has 2 rings (SSSR count). The highest BCUT2D eigenvalue weighted by molar-refractivity contribution is 5.82. The first-order valence-corrected chi connectivity index (χ1v) is 7.20. The van der Waals surface area contributed by atoms with Crippen LogP contribution in [0.5, 0.6) is 0 Å². The maximum Gasteiger partial charge on any atom is 0.269 e. The van der Waals surface area contributed by atoms with E-state index in [1.807, 2.05) is 0 Å². The van der Waals surface area contributed by atoms with E-state index in [0.29, 0.717) is 12.5 Å². The summed E-state index contributed by atoms with van der Waals surface area (Å²) in [5.41, 5.74) is 0.820. The summed E-state index contributed by atoms with van der Waals surface area (Å²) in [7, 11) is 1.74. The summed E-state index contributed by atoms with van der Waals surface area (Å²) in [6, 6.07) is 6.27. The van der Waals surface area contributed by atoms with Gasteiger partial charge in [0.1, 0.15) is 0 Å². The maximum absolute atomic E-state index is 12.5. The highest BCUT2D eigenvalue weighted by Gasteiger charge is 2.29. The van der Waals surface area contributed by atoms with E-state index in [1.54, 1.807) is 24.1 Å². The third-order valence-electron chi connectivity index (χ3n) is 3.95. The van der Waals surface area contributed by atoms with Gasteiger partial charge in [0.05, 0.1) is 11.0 Å². The van der Waals surface area contributed by atoms with Crippen molar-refractivity contribution in [1.29, 1.82) is 0 Å². The van der Waals surface area contributed by atoms with E-state index >= 15 is 0 Å². The topological polar surface area (TPSA) is 75.5 Å². The molecule has 1 aromatic carbocycles. The predicted octanol–water partition coefficient (Wildman–Crippen LogP) is 1.94. The van der Waals surface area contributed by atoms with Gasteiger partial charge in [-0.25, -0.2) is 0 Å². The number of carbonyl (C=O) groups is 1. The molecule has 6 heteroatoms. The Balaban J connectivity index is 2.03. The van der Waals surface area contributed by atoms with Crippen LogP contribution < -0.4 is 5.32 Å². The fourth-order valence-corrected chi connectivity index (χ4v) is 2.74. The third kappa shape index (κ3) is 3.78. The fraction of sp³-hybridized carbons (Fsp3) is 0.533. The van der Waals surface area contributed by atoms with Gasteiger partial charge >= 0.3 is 0 Å². The molecule has 1 N–H and O–H groups in total. The van der Waals surface area contributed by atoms with Crippen LogP contribution in [0.25, 0.3) is 0 Å². The SMILES string of the molecule is CC1CCCNC1C(=O)N(C)Cc1cccc([N+](=O)[O-])c1. The summed E-state index contributed by atoms with van der Waals surface area (Å²) in [6.45, 7) is 3.33. The summed E-state index contributed by atoms with van der Waals surface area (Å²) in [4.78, 5) is 24.5. The quantitative estimate of drug-likeness (QED) is 0.679. The molecule has 1 heterocycles. The zero-order chi connectivity index (χ0) is 15.4. The molecule has 1 fully saturated rings. The Labute approximate surface area is 124 Å². The number of amides is 1. The van der Waals surface area contributed by atoms with Gasteiger partial charge in [0.2, 0.25) is 5.91 Å². The lowest BCUT2D eigenvalue weighted by Crippen LogP contribution is -2.51. The Hall–Kier alpha value is -1.95. The van der Waals surface area contributed by atoms with Crippen LogP contribution in [0.3, 0.4) is 0 Å². The number of hydrogen-bond acceptors (Lipinski definition) is 4. The molecule has 0 radical (unpaired) electrons. The molecule has 1 aliphatic heterocycles. The summed E-state index contributed by atoms with van der Waals surface area (Å²) in [5.74, 6) is 0.368. The number of nitro groups is 1. The van der Waals surface area contributed by atoms with E-state index in [-0.39, 0.29) is 17.6 Å². The molecule has 114 valence electrons. The van der Waals surface area contributed by atoms with E-state index in [0.717, 1.165) is 24.9 Å². The lowest BCUT2D eigenvalue weighted by Gasteiger charge is -2.32. The highest BCUT2D eigenvalue weighted by atomic mass is 16.6. The number of nitrogens with one attached hydrogen (secondary N) is 1. The minimum atomic E-state index is -0.421. The van der Waals surface area contributed by atoms with Crippen LogP contribution in [0.15, 0.2) is 24.3 Å². The minimum absolute atomic E-state index is 0.0497. The molecule has 0 aliphatic carbocycles. The van der Waals surface area contributed by atoms with Crippen molar-refractivity contribution in [3.63, 3.8) is 0 Å². The summed E-state index contributed by atoms with van der Waals surface area (Å²) >= 11 is 0. The number of piperidine rings is 1. The van der Waals surface area contributed by atoms with Crippen LogP contribution in [0.1, 0.15) is 25.3 Å². The van der Waals surface area contributed by atoms with E-state index < -0.39 is 4.92 Å². The monoisotopic (exact) mass is 291 g/mol. The highest BCUT2D eigenvalue weighted by Crippen LogP contribution is 2.19. The van der Waals surface area contributed by atoms with Crippen molar-refractivity contribution in [1.82, 2.24) is 10.2 Å². The van der Waals surface area contributed by atoms with E-state index in [2.05, 4.69) is 12.2 Å². The Morgan fingerprint density at radius 1 is 1.52 bits per heavy atom. The molecule has 0 saturated carbocycles. The van der Waals surface area contributed by atoms with Crippen molar-refractivity contribution in [3.8, 4) is 0 Å². The molecule has 21 heavy (non-hydrogen) atoms. The second-order valence-corrected chi connectivity index (χ2v) is 5.67. The summed E-state index contributed by atoms with van der Waals surface area (Å²) in [6.07, 6.45) is 2.15. The van der Waals surface area contributed by atoms with Gasteiger partial charge in [-0.3, -0.25) is 14.9 Å². The van der Waals surface area contributed by atoms with Crippen molar-refractivity contribution < 1.29 is 9.72 Å². The molecule has 2 unspecified atom stereocenters. The van der Waals surface area contributed by atoms with Gasteiger partial charge in [-0.2, -0.15) is 0 Å². The van der Waals surface area contributed by atoms with Gasteiger partial charge in [0, 0.05) is 25.7 Å². The van der Waals surface area contributed by atoms with Gasteiger partial charge in [-0.05, 0) is 30.9 Å². The van der Waals surface area contributed by atoms with E-state index in [1.165, 1.54) is 12.1 Å². The van der Waals surface area contributed by atoms with Crippen molar-refractivity contribution in [2.75, 3.05) is 13.6 Å². The van der Waals surface area contributed by atoms with Crippen LogP contribution in [0, 0.1) is 16.0 Å². The molecule has 1 aliphatic rings. The van der Waals surface area contributed by atoms with Gasteiger partial charge in [-0.15, -0.1) is 0 Å². The molecular weight excluding hydrogens is 270 g/mol. The molecule has 1 saturated heterocycles. The number of non-ortho nitro benzene ring substituents is 1. The molecule has 0 bridgehead atoms. The second kappa shape index (κ2) is 6.67. The van der Waals surface area contributed by atoms with Crippen LogP contribution in [-0.4, -0.2) is 35.4 Å². The Bertz CT molecular complexity index is 533. The molecule has 0 spiro atoms. The van der Waals surface area contributed by atoms with Crippen molar-refractivity contribution in [2.45, 2.75) is 32.4 Å². The average molecular weight is 291 g/mol. The Morgan fingerprint density at radius 3 is 2.95 bits per heavy atom. The Morgan fingerprint density at radius 2 is 2.29 bits per heavy atom. The van der Waals surface area contributed by atoms with Crippen LogP contribution in [0.4, 0.5) is 5.69 Å². The molecule has 1 amide bonds. The number of carbonyl (C=O) groups excluding carboxylic acids is 1. The van der Waals surface area contributed by atoms with Crippen LogP contribution in [-0.2, 0) is 11.3 Å².